The summed E-state index contributed by atoms with van der Waals surface area (Å²) in [5.74, 6) is 0.763. The average molecular weight is 262 g/mol. The van der Waals surface area contributed by atoms with Crippen molar-refractivity contribution in [2.45, 2.75) is 26.7 Å². The first-order valence-electron chi connectivity index (χ1n) is 6.95. The maximum Gasteiger partial charge on any atom is 0.134 e. The standard InChI is InChI=1S/C18H18N2/c1-13-8-9-16(10-14(13)2)18(17(11-19)12-20)15-6-4-3-5-7-15/h3-7,10,13,16H,8-9H2,1-2H3. The van der Waals surface area contributed by atoms with Crippen molar-refractivity contribution in [2.24, 2.45) is 11.8 Å². The highest BCUT2D eigenvalue weighted by Crippen LogP contribution is 2.37. The smallest absolute Gasteiger partial charge is 0.134 e. The molecule has 0 fully saturated rings. The number of hydrogen-bond donors (Lipinski definition) is 0. The predicted octanol–water partition coefficient (Wildman–Crippen LogP) is 4.48. The molecule has 1 aromatic carbocycles. The van der Waals surface area contributed by atoms with E-state index in [4.69, 9.17) is 0 Å². The number of rotatable bonds is 2. The first kappa shape index (κ1) is 14.1. The minimum Gasteiger partial charge on any atom is -0.192 e. The van der Waals surface area contributed by atoms with Crippen molar-refractivity contribution in [3.05, 3.63) is 53.1 Å². The van der Waals surface area contributed by atoms with Crippen molar-refractivity contribution in [2.75, 3.05) is 0 Å². The molecule has 0 amide bonds. The molecule has 2 rings (SSSR count). The molecule has 2 unspecified atom stereocenters. The summed E-state index contributed by atoms with van der Waals surface area (Å²) in [5, 5.41) is 18.5. The van der Waals surface area contributed by atoms with E-state index in [1.165, 1.54) is 5.57 Å². The summed E-state index contributed by atoms with van der Waals surface area (Å²) in [5.41, 5.74) is 3.45. The van der Waals surface area contributed by atoms with Crippen molar-refractivity contribution < 1.29 is 0 Å². The van der Waals surface area contributed by atoms with Crippen LogP contribution in [0.25, 0.3) is 5.57 Å². The van der Waals surface area contributed by atoms with Gasteiger partial charge in [-0.2, -0.15) is 10.5 Å². The SMILES string of the molecule is CC1=CC(C(=C(C#N)C#N)c2ccccc2)CCC1C. The number of hydrogen-bond acceptors (Lipinski definition) is 2. The van der Waals surface area contributed by atoms with Gasteiger partial charge in [0.25, 0.3) is 0 Å². The first-order valence-corrected chi connectivity index (χ1v) is 6.95. The van der Waals surface area contributed by atoms with Crippen LogP contribution in [0, 0.1) is 34.5 Å². The van der Waals surface area contributed by atoms with Crippen LogP contribution in [0.1, 0.15) is 32.3 Å². The summed E-state index contributed by atoms with van der Waals surface area (Å²) in [6, 6.07) is 13.9. The Labute approximate surface area is 120 Å². The maximum atomic E-state index is 9.26. The van der Waals surface area contributed by atoms with E-state index in [-0.39, 0.29) is 11.5 Å². The highest BCUT2D eigenvalue weighted by atomic mass is 14.3. The van der Waals surface area contributed by atoms with E-state index in [0.717, 1.165) is 24.0 Å². The molecule has 0 aromatic heterocycles. The second kappa shape index (κ2) is 6.22. The molecule has 1 aliphatic carbocycles. The molecule has 20 heavy (non-hydrogen) atoms. The highest BCUT2D eigenvalue weighted by molar-refractivity contribution is 5.78. The third-order valence-corrected chi connectivity index (χ3v) is 4.10. The van der Waals surface area contributed by atoms with Crippen molar-refractivity contribution in [3.8, 4) is 12.1 Å². The largest absolute Gasteiger partial charge is 0.192 e. The zero-order valence-electron chi connectivity index (χ0n) is 11.9. The van der Waals surface area contributed by atoms with Crippen LogP contribution in [0.5, 0.6) is 0 Å². The topological polar surface area (TPSA) is 47.6 Å². The fourth-order valence-corrected chi connectivity index (χ4v) is 2.76. The molecule has 0 radical (unpaired) electrons. The van der Waals surface area contributed by atoms with E-state index in [9.17, 15) is 10.5 Å². The van der Waals surface area contributed by atoms with E-state index < -0.39 is 0 Å². The van der Waals surface area contributed by atoms with Crippen LogP contribution < -0.4 is 0 Å². The van der Waals surface area contributed by atoms with Gasteiger partial charge in [0, 0.05) is 5.92 Å². The van der Waals surface area contributed by atoms with Crippen molar-refractivity contribution >= 4 is 5.57 Å². The van der Waals surface area contributed by atoms with Crippen LogP contribution in [0.4, 0.5) is 0 Å². The molecule has 0 bridgehead atoms. The van der Waals surface area contributed by atoms with Crippen molar-refractivity contribution in [1.29, 1.82) is 10.5 Å². The Bertz CT molecular complexity index is 608. The van der Waals surface area contributed by atoms with Crippen LogP contribution in [0.3, 0.4) is 0 Å². The van der Waals surface area contributed by atoms with Gasteiger partial charge in [0.15, 0.2) is 0 Å². The predicted molar refractivity (Wildman–Crippen MR) is 80.2 cm³/mol. The molecule has 2 atom stereocenters. The van der Waals surface area contributed by atoms with Gasteiger partial charge in [0.05, 0.1) is 0 Å². The van der Waals surface area contributed by atoms with Gasteiger partial charge in [0.1, 0.15) is 17.7 Å². The maximum absolute atomic E-state index is 9.26. The van der Waals surface area contributed by atoms with Crippen LogP contribution in [-0.4, -0.2) is 0 Å². The summed E-state index contributed by atoms with van der Waals surface area (Å²) in [6.07, 6.45) is 4.33. The fourth-order valence-electron chi connectivity index (χ4n) is 2.76. The molecule has 0 saturated carbocycles. The molecule has 2 nitrogen and oxygen atoms in total. The van der Waals surface area contributed by atoms with E-state index in [2.05, 4.69) is 32.1 Å². The van der Waals surface area contributed by atoms with Gasteiger partial charge in [-0.1, -0.05) is 48.9 Å². The van der Waals surface area contributed by atoms with Gasteiger partial charge in [-0.05, 0) is 36.8 Å². The molecule has 1 aliphatic rings. The lowest BCUT2D eigenvalue weighted by molar-refractivity contribution is 0.509. The molecule has 1 aromatic rings. The third kappa shape index (κ3) is 2.81. The Morgan fingerprint density at radius 1 is 1.10 bits per heavy atom. The lowest BCUT2D eigenvalue weighted by Crippen LogP contribution is -2.13. The number of benzene rings is 1. The van der Waals surface area contributed by atoms with E-state index in [0.29, 0.717) is 5.92 Å². The second-order valence-corrected chi connectivity index (χ2v) is 5.37. The summed E-state index contributed by atoms with van der Waals surface area (Å²) >= 11 is 0. The molecular formula is C18H18N2. The van der Waals surface area contributed by atoms with Gasteiger partial charge in [0.2, 0.25) is 0 Å². The number of nitriles is 2. The minimum absolute atomic E-state index is 0.169. The van der Waals surface area contributed by atoms with Crippen LogP contribution in [0.2, 0.25) is 0 Å². The van der Waals surface area contributed by atoms with Crippen LogP contribution in [-0.2, 0) is 0 Å². The lowest BCUT2D eigenvalue weighted by Gasteiger charge is -2.26. The minimum atomic E-state index is 0.169. The highest BCUT2D eigenvalue weighted by Gasteiger charge is 2.23. The Morgan fingerprint density at radius 3 is 2.30 bits per heavy atom. The fraction of sp³-hybridized carbons (Fsp3) is 0.333. The molecule has 0 N–H and O–H groups in total. The Morgan fingerprint density at radius 2 is 1.75 bits per heavy atom. The first-order chi connectivity index (χ1) is 9.67. The Balaban J connectivity index is 2.54. The zero-order valence-corrected chi connectivity index (χ0v) is 11.9. The van der Waals surface area contributed by atoms with Crippen molar-refractivity contribution in [3.63, 3.8) is 0 Å². The number of nitrogens with zero attached hydrogens (tertiary/aromatic N) is 2. The van der Waals surface area contributed by atoms with Gasteiger partial charge in [-0.15, -0.1) is 0 Å². The summed E-state index contributed by atoms with van der Waals surface area (Å²) in [6.45, 7) is 4.36. The van der Waals surface area contributed by atoms with E-state index in [1.54, 1.807) is 0 Å². The lowest BCUT2D eigenvalue weighted by atomic mass is 9.77. The summed E-state index contributed by atoms with van der Waals surface area (Å²) in [4.78, 5) is 0. The quantitative estimate of drug-likeness (QED) is 0.582. The molecular weight excluding hydrogens is 244 g/mol. The van der Waals surface area contributed by atoms with E-state index >= 15 is 0 Å². The molecule has 0 saturated heterocycles. The third-order valence-electron chi connectivity index (χ3n) is 4.10. The Kier molecular flexibility index (Phi) is 4.38. The molecule has 0 spiro atoms. The Hall–Kier alpha value is -2.32. The van der Waals surface area contributed by atoms with Gasteiger partial charge in [-0.25, -0.2) is 0 Å². The van der Waals surface area contributed by atoms with Crippen LogP contribution >= 0.6 is 0 Å². The summed E-state index contributed by atoms with van der Waals surface area (Å²) < 4.78 is 0. The van der Waals surface area contributed by atoms with Crippen LogP contribution in [0.15, 0.2) is 47.6 Å². The molecule has 0 heterocycles. The van der Waals surface area contributed by atoms with Gasteiger partial charge < -0.3 is 0 Å². The summed E-state index contributed by atoms with van der Waals surface area (Å²) in [7, 11) is 0. The molecule has 2 heteroatoms. The number of allylic oxidation sites excluding steroid dienone is 4. The molecule has 100 valence electrons. The van der Waals surface area contributed by atoms with Crippen molar-refractivity contribution in [1.82, 2.24) is 0 Å². The van der Waals surface area contributed by atoms with E-state index in [1.807, 2.05) is 30.3 Å². The molecule has 0 aliphatic heterocycles. The normalized spacial score (nSPS) is 21.3. The average Bonchev–Trinajstić information content (AvgIpc) is 2.48. The zero-order chi connectivity index (χ0) is 14.5. The van der Waals surface area contributed by atoms with Gasteiger partial charge in [-0.3, -0.25) is 0 Å². The monoisotopic (exact) mass is 262 g/mol. The van der Waals surface area contributed by atoms with Gasteiger partial charge >= 0.3 is 0 Å². The second-order valence-electron chi connectivity index (χ2n) is 5.37.